The molecule has 0 bridgehead atoms. The number of piperazine rings is 1. The molecule has 8 nitrogen and oxygen atoms in total. The predicted octanol–water partition coefficient (Wildman–Crippen LogP) is 6.39. The van der Waals surface area contributed by atoms with Crippen LogP contribution >= 0.6 is 34.3 Å². The average molecular weight is 627 g/mol. The standard InChI is InChI=1S/C32H27ClN6O2S2/c33-30-12-11-29(43-30)31(40)37-15-13-36(14-16-37)25-7-9-26(10-8-25)39(32(41)28-2-1-17-42-28)21-27-19-35-22-38(27)20-24-5-3-23(18-34)4-6-24/h1-12,17,19,22H,13-16,20-21H2. The van der Waals surface area contributed by atoms with Crippen molar-refractivity contribution in [2.75, 3.05) is 36.0 Å². The number of carbonyl (C=O) groups excluding carboxylic acids is 2. The zero-order valence-corrected chi connectivity index (χ0v) is 25.5. The molecule has 2 aromatic carbocycles. The molecule has 1 aliphatic heterocycles. The highest BCUT2D eigenvalue weighted by Gasteiger charge is 2.25. The van der Waals surface area contributed by atoms with Crippen LogP contribution in [0.3, 0.4) is 0 Å². The average Bonchev–Trinajstić information content (AvgIpc) is 3.83. The molecular weight excluding hydrogens is 600 g/mol. The molecular formula is C32H27ClN6O2S2. The number of hydrogen-bond acceptors (Lipinski definition) is 7. The van der Waals surface area contributed by atoms with E-state index in [1.807, 2.05) is 63.4 Å². The lowest BCUT2D eigenvalue weighted by Gasteiger charge is -2.36. The Kier molecular flexibility index (Phi) is 8.56. The molecule has 11 heteroatoms. The van der Waals surface area contributed by atoms with Crippen molar-refractivity contribution in [3.63, 3.8) is 0 Å². The molecule has 0 unspecified atom stereocenters. The molecule has 0 N–H and O–H groups in total. The van der Waals surface area contributed by atoms with Gasteiger partial charge in [0.25, 0.3) is 11.8 Å². The lowest BCUT2D eigenvalue weighted by Crippen LogP contribution is -2.48. The van der Waals surface area contributed by atoms with Crippen LogP contribution in [0.15, 0.2) is 90.7 Å². The number of benzene rings is 2. The Bertz CT molecular complexity index is 1750. The van der Waals surface area contributed by atoms with Gasteiger partial charge in [0, 0.05) is 50.3 Å². The Labute approximate surface area is 262 Å². The molecule has 1 aliphatic rings. The summed E-state index contributed by atoms with van der Waals surface area (Å²) in [6.07, 6.45) is 3.56. The number of nitriles is 1. The van der Waals surface area contributed by atoms with Crippen molar-refractivity contribution < 1.29 is 9.59 Å². The van der Waals surface area contributed by atoms with Crippen LogP contribution < -0.4 is 9.80 Å². The van der Waals surface area contributed by atoms with E-state index in [0.717, 1.165) is 35.7 Å². The predicted molar refractivity (Wildman–Crippen MR) is 171 cm³/mol. The lowest BCUT2D eigenvalue weighted by atomic mass is 10.1. The van der Waals surface area contributed by atoms with Gasteiger partial charge in [0.05, 0.1) is 44.3 Å². The van der Waals surface area contributed by atoms with E-state index >= 15 is 0 Å². The highest BCUT2D eigenvalue weighted by atomic mass is 35.5. The van der Waals surface area contributed by atoms with Crippen LogP contribution in [0, 0.1) is 11.3 Å². The number of thiophene rings is 2. The van der Waals surface area contributed by atoms with Gasteiger partial charge in [-0.1, -0.05) is 29.8 Å². The van der Waals surface area contributed by atoms with Gasteiger partial charge in [-0.05, 0) is 65.5 Å². The molecule has 216 valence electrons. The van der Waals surface area contributed by atoms with Crippen LogP contribution in [-0.4, -0.2) is 52.4 Å². The first-order valence-corrected chi connectivity index (χ1v) is 15.8. The summed E-state index contributed by atoms with van der Waals surface area (Å²) in [6, 6.07) is 24.9. The minimum atomic E-state index is -0.0744. The maximum absolute atomic E-state index is 13.7. The Morgan fingerprint density at radius 2 is 1.72 bits per heavy atom. The fourth-order valence-electron chi connectivity index (χ4n) is 5.08. The van der Waals surface area contributed by atoms with Crippen LogP contribution in [0.4, 0.5) is 11.4 Å². The van der Waals surface area contributed by atoms with E-state index in [2.05, 4.69) is 16.0 Å². The zero-order valence-electron chi connectivity index (χ0n) is 23.1. The van der Waals surface area contributed by atoms with Gasteiger partial charge in [0.15, 0.2) is 0 Å². The van der Waals surface area contributed by atoms with Crippen LogP contribution in [0.25, 0.3) is 0 Å². The van der Waals surface area contributed by atoms with Gasteiger partial charge in [-0.2, -0.15) is 5.26 Å². The third-order valence-electron chi connectivity index (χ3n) is 7.41. The molecule has 2 amide bonds. The topological polar surface area (TPSA) is 85.5 Å². The van der Waals surface area contributed by atoms with Gasteiger partial charge in [0.1, 0.15) is 0 Å². The maximum atomic E-state index is 13.7. The number of halogens is 1. The van der Waals surface area contributed by atoms with Gasteiger partial charge in [0.2, 0.25) is 0 Å². The number of anilines is 2. The number of carbonyl (C=O) groups is 2. The summed E-state index contributed by atoms with van der Waals surface area (Å²) in [6.45, 7) is 3.62. The smallest absolute Gasteiger partial charge is 0.268 e. The molecule has 1 saturated heterocycles. The first-order chi connectivity index (χ1) is 21.0. The van der Waals surface area contributed by atoms with Crippen molar-refractivity contribution >= 4 is 57.5 Å². The fourth-order valence-corrected chi connectivity index (χ4v) is 6.76. The van der Waals surface area contributed by atoms with Crippen molar-refractivity contribution in [3.05, 3.63) is 122 Å². The Morgan fingerprint density at radius 3 is 2.37 bits per heavy atom. The minimum absolute atomic E-state index is 0.0213. The summed E-state index contributed by atoms with van der Waals surface area (Å²) in [5, 5.41) is 11.0. The van der Waals surface area contributed by atoms with Gasteiger partial charge in [-0.25, -0.2) is 4.98 Å². The summed E-state index contributed by atoms with van der Waals surface area (Å²) in [7, 11) is 0. The van der Waals surface area contributed by atoms with E-state index in [1.165, 1.54) is 22.7 Å². The van der Waals surface area contributed by atoms with Crippen molar-refractivity contribution in [2.45, 2.75) is 13.1 Å². The summed E-state index contributed by atoms with van der Waals surface area (Å²) in [5.41, 5.74) is 4.39. The summed E-state index contributed by atoms with van der Waals surface area (Å²) < 4.78 is 2.64. The Hall–Kier alpha value is -4.43. The van der Waals surface area contributed by atoms with Crippen LogP contribution in [0.5, 0.6) is 0 Å². The molecule has 43 heavy (non-hydrogen) atoms. The summed E-state index contributed by atoms with van der Waals surface area (Å²) in [5.74, 6) is -0.0530. The molecule has 5 aromatic rings. The molecule has 0 saturated carbocycles. The minimum Gasteiger partial charge on any atom is -0.368 e. The lowest BCUT2D eigenvalue weighted by molar-refractivity contribution is 0.0751. The fraction of sp³-hybridized carbons (Fsp3) is 0.188. The third kappa shape index (κ3) is 6.49. The Balaban J connectivity index is 1.17. The normalized spacial score (nSPS) is 13.1. The van der Waals surface area contributed by atoms with Crippen molar-refractivity contribution in [3.8, 4) is 6.07 Å². The molecule has 0 radical (unpaired) electrons. The first kappa shape index (κ1) is 28.7. The summed E-state index contributed by atoms with van der Waals surface area (Å²) in [4.78, 5) is 38.1. The molecule has 3 aromatic heterocycles. The SMILES string of the molecule is N#Cc1ccc(Cn2cncc2CN(C(=O)c2cccs2)c2ccc(N3CCN(C(=O)c4ccc(Cl)s4)CC3)cc2)cc1. The number of amides is 2. The van der Waals surface area contributed by atoms with Crippen LogP contribution in [0.1, 0.15) is 36.2 Å². The summed E-state index contributed by atoms with van der Waals surface area (Å²) >= 11 is 8.75. The van der Waals surface area contributed by atoms with Crippen molar-refractivity contribution in [2.24, 2.45) is 0 Å². The molecule has 6 rings (SSSR count). The van der Waals surface area contributed by atoms with Crippen LogP contribution in [-0.2, 0) is 13.1 Å². The van der Waals surface area contributed by atoms with E-state index in [4.69, 9.17) is 16.9 Å². The number of imidazole rings is 1. The van der Waals surface area contributed by atoms with Crippen LogP contribution in [0.2, 0.25) is 4.34 Å². The molecule has 0 atom stereocenters. The van der Waals surface area contributed by atoms with E-state index < -0.39 is 0 Å². The van der Waals surface area contributed by atoms with E-state index in [0.29, 0.717) is 45.8 Å². The van der Waals surface area contributed by atoms with Gasteiger partial charge >= 0.3 is 0 Å². The molecule has 0 aliphatic carbocycles. The number of hydrogen-bond donors (Lipinski definition) is 0. The maximum Gasteiger partial charge on any atom is 0.268 e. The first-order valence-electron chi connectivity index (χ1n) is 13.7. The third-order valence-corrected chi connectivity index (χ3v) is 9.49. The molecule has 0 spiro atoms. The zero-order chi connectivity index (χ0) is 29.8. The Morgan fingerprint density at radius 1 is 0.953 bits per heavy atom. The second-order valence-electron chi connectivity index (χ2n) is 10.1. The molecule has 1 fully saturated rings. The van der Waals surface area contributed by atoms with Crippen molar-refractivity contribution in [1.82, 2.24) is 14.5 Å². The highest BCUT2D eigenvalue weighted by Crippen LogP contribution is 2.27. The van der Waals surface area contributed by atoms with E-state index in [-0.39, 0.29) is 11.8 Å². The largest absolute Gasteiger partial charge is 0.368 e. The van der Waals surface area contributed by atoms with E-state index in [9.17, 15) is 9.59 Å². The highest BCUT2D eigenvalue weighted by molar-refractivity contribution is 7.18. The number of aromatic nitrogens is 2. The van der Waals surface area contributed by atoms with Gasteiger partial charge in [-0.15, -0.1) is 22.7 Å². The number of nitrogens with zero attached hydrogens (tertiary/aromatic N) is 6. The monoisotopic (exact) mass is 626 g/mol. The van der Waals surface area contributed by atoms with Gasteiger partial charge < -0.3 is 19.3 Å². The quantitative estimate of drug-likeness (QED) is 0.199. The van der Waals surface area contributed by atoms with Gasteiger partial charge in [-0.3, -0.25) is 9.59 Å². The number of rotatable bonds is 8. The second kappa shape index (κ2) is 12.8. The molecule has 4 heterocycles. The van der Waals surface area contributed by atoms with E-state index in [1.54, 1.807) is 41.7 Å². The van der Waals surface area contributed by atoms with Crippen molar-refractivity contribution in [1.29, 1.82) is 5.26 Å². The second-order valence-corrected chi connectivity index (χ2v) is 12.8.